The van der Waals surface area contributed by atoms with E-state index < -0.39 is 4.92 Å². The number of nitrogens with zero attached hydrogens (tertiary/aromatic N) is 3. The van der Waals surface area contributed by atoms with Gasteiger partial charge in [-0.1, -0.05) is 46.3 Å². The molecule has 1 aliphatic rings. The van der Waals surface area contributed by atoms with Gasteiger partial charge in [0, 0.05) is 22.2 Å². The lowest BCUT2D eigenvalue weighted by molar-refractivity contribution is -0.384. The summed E-state index contributed by atoms with van der Waals surface area (Å²) in [6.07, 6.45) is 1.63. The number of carbonyl (C=O) groups excluding carboxylic acids is 1. The molecule has 1 amide bonds. The molecule has 0 spiro atoms. The number of amidine groups is 1. The first-order chi connectivity index (χ1) is 14.0. The van der Waals surface area contributed by atoms with E-state index in [4.69, 9.17) is 0 Å². The number of nitro groups is 1. The summed E-state index contributed by atoms with van der Waals surface area (Å²) in [5, 5.41) is 10.8. The van der Waals surface area contributed by atoms with Crippen LogP contribution in [-0.4, -0.2) is 16.7 Å². The second-order valence-corrected chi connectivity index (χ2v) is 7.21. The molecule has 4 rings (SSSR count). The fourth-order valence-electron chi connectivity index (χ4n) is 2.98. The lowest BCUT2D eigenvalue weighted by Gasteiger charge is -2.18. The zero-order valence-corrected chi connectivity index (χ0v) is 16.6. The monoisotopic (exact) mass is 447 g/mol. The highest BCUT2D eigenvalue weighted by Gasteiger charge is 2.32. The van der Waals surface area contributed by atoms with Gasteiger partial charge in [-0.3, -0.25) is 19.8 Å². The summed E-state index contributed by atoms with van der Waals surface area (Å²) in [4.78, 5) is 29.7. The molecule has 29 heavy (non-hydrogen) atoms. The van der Waals surface area contributed by atoms with Gasteiger partial charge in [0.1, 0.15) is 11.5 Å². The smallest absolute Gasteiger partial charge is 0.266 e. The summed E-state index contributed by atoms with van der Waals surface area (Å²) >= 11 is 3.41. The van der Waals surface area contributed by atoms with Crippen molar-refractivity contribution >= 4 is 45.1 Å². The van der Waals surface area contributed by atoms with E-state index in [1.165, 1.54) is 12.1 Å². The minimum atomic E-state index is -0.460. The Hall–Kier alpha value is -3.58. The molecule has 142 valence electrons. The van der Waals surface area contributed by atoms with Crippen molar-refractivity contribution in [2.75, 3.05) is 4.90 Å². The van der Waals surface area contributed by atoms with Gasteiger partial charge in [-0.05, 0) is 48.0 Å². The van der Waals surface area contributed by atoms with Crippen LogP contribution in [0.5, 0.6) is 0 Å². The van der Waals surface area contributed by atoms with Crippen LogP contribution in [0.4, 0.5) is 11.4 Å². The molecule has 1 aliphatic heterocycles. The Morgan fingerprint density at radius 1 is 0.931 bits per heavy atom. The van der Waals surface area contributed by atoms with Gasteiger partial charge in [0.2, 0.25) is 0 Å². The first-order valence-corrected chi connectivity index (χ1v) is 9.52. The number of hydrogen-bond donors (Lipinski definition) is 0. The molecule has 0 bridgehead atoms. The Balaban J connectivity index is 1.77. The molecule has 6 nitrogen and oxygen atoms in total. The van der Waals surface area contributed by atoms with E-state index in [2.05, 4.69) is 20.9 Å². The first-order valence-electron chi connectivity index (χ1n) is 8.73. The predicted molar refractivity (Wildman–Crippen MR) is 116 cm³/mol. The zero-order chi connectivity index (χ0) is 20.4. The number of carbonyl (C=O) groups is 1. The molecule has 0 aromatic heterocycles. The molecular weight excluding hydrogens is 434 g/mol. The number of hydrogen-bond acceptors (Lipinski definition) is 4. The van der Waals surface area contributed by atoms with Gasteiger partial charge in [0.25, 0.3) is 11.6 Å². The van der Waals surface area contributed by atoms with Gasteiger partial charge in [0.15, 0.2) is 0 Å². The van der Waals surface area contributed by atoms with Crippen LogP contribution in [0.15, 0.2) is 94.0 Å². The van der Waals surface area contributed by atoms with Gasteiger partial charge in [-0.25, -0.2) is 4.99 Å². The fraction of sp³-hybridized carbons (Fsp3) is 0. The van der Waals surface area contributed by atoms with Gasteiger partial charge < -0.3 is 0 Å². The largest absolute Gasteiger partial charge is 0.282 e. The molecule has 0 radical (unpaired) electrons. The molecule has 0 unspecified atom stereocenters. The van der Waals surface area contributed by atoms with Gasteiger partial charge in [0.05, 0.1) is 10.6 Å². The topological polar surface area (TPSA) is 75.8 Å². The molecule has 0 atom stereocenters. The Labute approximate surface area is 175 Å². The van der Waals surface area contributed by atoms with E-state index in [1.54, 1.807) is 23.1 Å². The molecule has 1 heterocycles. The summed E-state index contributed by atoms with van der Waals surface area (Å²) in [6.45, 7) is 0. The highest BCUT2D eigenvalue weighted by Crippen LogP contribution is 2.29. The van der Waals surface area contributed by atoms with Crippen LogP contribution in [0.3, 0.4) is 0 Å². The van der Waals surface area contributed by atoms with Crippen molar-refractivity contribution in [1.29, 1.82) is 0 Å². The van der Waals surface area contributed by atoms with E-state index >= 15 is 0 Å². The third kappa shape index (κ3) is 3.86. The molecule has 0 fully saturated rings. The van der Waals surface area contributed by atoms with Crippen molar-refractivity contribution in [2.45, 2.75) is 0 Å². The average molecular weight is 448 g/mol. The van der Waals surface area contributed by atoms with Gasteiger partial charge in [-0.2, -0.15) is 0 Å². The number of aliphatic imine (C=N–C) groups is 1. The maximum Gasteiger partial charge on any atom is 0.282 e. The molecule has 3 aromatic rings. The number of nitro benzene ring substituents is 1. The molecule has 0 N–H and O–H groups in total. The van der Waals surface area contributed by atoms with Crippen molar-refractivity contribution in [2.24, 2.45) is 4.99 Å². The van der Waals surface area contributed by atoms with Crippen molar-refractivity contribution in [3.05, 3.63) is 110 Å². The number of anilines is 1. The lowest BCUT2D eigenvalue weighted by Crippen LogP contribution is -2.32. The second kappa shape index (κ2) is 7.81. The Morgan fingerprint density at radius 3 is 2.21 bits per heavy atom. The molecule has 7 heteroatoms. The van der Waals surface area contributed by atoms with Crippen LogP contribution in [0.25, 0.3) is 6.08 Å². The summed E-state index contributed by atoms with van der Waals surface area (Å²) < 4.78 is 0.910. The maximum absolute atomic E-state index is 13.2. The van der Waals surface area contributed by atoms with E-state index in [1.807, 2.05) is 54.6 Å². The minimum absolute atomic E-state index is 0.00476. The molecule has 3 aromatic carbocycles. The van der Waals surface area contributed by atoms with Crippen molar-refractivity contribution in [3.8, 4) is 0 Å². The number of amides is 1. The third-order valence-electron chi connectivity index (χ3n) is 4.38. The quantitative estimate of drug-likeness (QED) is 0.313. The van der Waals surface area contributed by atoms with Crippen LogP contribution in [0.1, 0.15) is 11.1 Å². The van der Waals surface area contributed by atoms with Crippen LogP contribution in [0, 0.1) is 10.1 Å². The summed E-state index contributed by atoms with van der Waals surface area (Å²) in [5.74, 6) is 0.274. The highest BCUT2D eigenvalue weighted by atomic mass is 79.9. The van der Waals surface area contributed by atoms with E-state index in [0.29, 0.717) is 17.1 Å². The molecule has 0 saturated heterocycles. The number of benzene rings is 3. The van der Waals surface area contributed by atoms with E-state index in [-0.39, 0.29) is 17.3 Å². The highest BCUT2D eigenvalue weighted by molar-refractivity contribution is 9.10. The van der Waals surface area contributed by atoms with Crippen LogP contribution < -0.4 is 4.90 Å². The predicted octanol–water partition coefficient (Wildman–Crippen LogP) is 5.19. The number of halogens is 1. The lowest BCUT2D eigenvalue weighted by atomic mass is 10.1. The Kier molecular flexibility index (Phi) is 5.05. The van der Waals surface area contributed by atoms with Gasteiger partial charge >= 0.3 is 0 Å². The zero-order valence-electron chi connectivity index (χ0n) is 15.0. The molecule has 0 aliphatic carbocycles. The third-order valence-corrected chi connectivity index (χ3v) is 4.91. The first kappa shape index (κ1) is 18.8. The summed E-state index contributed by atoms with van der Waals surface area (Å²) in [7, 11) is 0. The Bertz CT molecular complexity index is 1140. The van der Waals surface area contributed by atoms with Gasteiger partial charge in [-0.15, -0.1) is 0 Å². The minimum Gasteiger partial charge on any atom is -0.266 e. The number of rotatable bonds is 4. The second-order valence-electron chi connectivity index (χ2n) is 6.30. The molecule has 0 saturated carbocycles. The number of non-ortho nitro benzene ring substituents is 1. The summed E-state index contributed by atoms with van der Waals surface area (Å²) in [6, 6.07) is 22.9. The van der Waals surface area contributed by atoms with E-state index in [0.717, 1.165) is 10.0 Å². The maximum atomic E-state index is 13.2. The van der Waals surface area contributed by atoms with Crippen molar-refractivity contribution in [3.63, 3.8) is 0 Å². The van der Waals surface area contributed by atoms with E-state index in [9.17, 15) is 14.9 Å². The van der Waals surface area contributed by atoms with Crippen LogP contribution in [0.2, 0.25) is 0 Å². The summed E-state index contributed by atoms with van der Waals surface area (Å²) in [5.41, 5.74) is 2.44. The van der Waals surface area contributed by atoms with Crippen molar-refractivity contribution < 1.29 is 9.72 Å². The van der Waals surface area contributed by atoms with Crippen LogP contribution in [-0.2, 0) is 4.79 Å². The van der Waals surface area contributed by atoms with Crippen LogP contribution >= 0.6 is 15.9 Å². The SMILES string of the molecule is O=C1/C(=C\c2ccc([N+](=O)[O-])cc2)N=C(c2ccccc2)N1c1ccc(Br)cc1. The molecular formula is C22H14BrN3O3. The van der Waals surface area contributed by atoms with Crippen molar-refractivity contribution in [1.82, 2.24) is 0 Å². The normalized spacial score (nSPS) is 14.9. The Morgan fingerprint density at radius 2 is 1.59 bits per heavy atom. The average Bonchev–Trinajstić information content (AvgIpc) is 3.06. The fourth-order valence-corrected chi connectivity index (χ4v) is 3.24. The standard InChI is InChI=1S/C22H14BrN3O3/c23-17-8-12-18(13-9-17)25-21(16-4-2-1-3-5-16)24-20(22(25)27)14-15-6-10-19(11-7-15)26(28)29/h1-14H/b20-14+.